The van der Waals surface area contributed by atoms with Gasteiger partial charge in [-0.25, -0.2) is 19.7 Å². The summed E-state index contributed by atoms with van der Waals surface area (Å²) in [5, 5.41) is 5.50. The van der Waals surface area contributed by atoms with Crippen molar-refractivity contribution in [1.29, 1.82) is 0 Å². The van der Waals surface area contributed by atoms with Crippen LogP contribution in [0.25, 0.3) is 32.2 Å². The summed E-state index contributed by atoms with van der Waals surface area (Å²) in [6, 6.07) is 6.08. The third-order valence-electron chi connectivity index (χ3n) is 3.93. The minimum absolute atomic E-state index is 0.160. The molecule has 0 saturated carbocycles. The number of carbonyl (C=O) groups is 1. The molecule has 0 radical (unpaired) electrons. The molecule has 0 atom stereocenters. The molecule has 3 aromatic heterocycles. The van der Waals surface area contributed by atoms with E-state index < -0.39 is 6.09 Å². The first kappa shape index (κ1) is 18.3. The molecule has 4 rings (SSSR count). The van der Waals surface area contributed by atoms with Gasteiger partial charge in [0.15, 0.2) is 0 Å². The zero-order valence-electron chi connectivity index (χ0n) is 15.1. The van der Waals surface area contributed by atoms with Crippen molar-refractivity contribution in [3.63, 3.8) is 0 Å². The molecule has 28 heavy (non-hydrogen) atoms. The SMILES string of the molecule is C=CCOC(=O)NCc1nc(-c2nc(C)cs2)c(-c2ccc3ncsc3c2)[nH]1. The van der Waals surface area contributed by atoms with Gasteiger partial charge in [-0.2, -0.15) is 0 Å². The van der Waals surface area contributed by atoms with Crippen LogP contribution in [-0.4, -0.2) is 32.6 Å². The van der Waals surface area contributed by atoms with Crippen molar-refractivity contribution >= 4 is 39.0 Å². The van der Waals surface area contributed by atoms with Crippen LogP contribution in [0.1, 0.15) is 11.5 Å². The minimum atomic E-state index is -0.518. The number of fused-ring (bicyclic) bond motifs is 1. The molecule has 0 aliphatic carbocycles. The van der Waals surface area contributed by atoms with Gasteiger partial charge >= 0.3 is 6.09 Å². The molecule has 7 nitrogen and oxygen atoms in total. The monoisotopic (exact) mass is 411 g/mol. The maximum absolute atomic E-state index is 11.7. The smallest absolute Gasteiger partial charge is 0.407 e. The Kier molecular flexibility index (Phi) is 5.18. The number of nitrogens with zero attached hydrogens (tertiary/aromatic N) is 3. The van der Waals surface area contributed by atoms with Crippen LogP contribution >= 0.6 is 22.7 Å². The summed E-state index contributed by atoms with van der Waals surface area (Å²) in [5.41, 5.74) is 6.36. The number of alkyl carbamates (subject to hydrolysis) is 1. The Morgan fingerprint density at radius 1 is 1.36 bits per heavy atom. The van der Waals surface area contributed by atoms with Crippen molar-refractivity contribution < 1.29 is 9.53 Å². The molecule has 4 aromatic rings. The summed E-state index contributed by atoms with van der Waals surface area (Å²) in [5.74, 6) is 0.623. The molecule has 0 aliphatic rings. The van der Waals surface area contributed by atoms with Gasteiger partial charge in [-0.15, -0.1) is 22.7 Å². The molecular formula is C19H17N5O2S2. The molecule has 3 heterocycles. The quantitative estimate of drug-likeness (QED) is 0.455. The van der Waals surface area contributed by atoms with Crippen molar-refractivity contribution in [3.05, 3.63) is 53.3 Å². The highest BCUT2D eigenvalue weighted by Gasteiger charge is 2.18. The van der Waals surface area contributed by atoms with E-state index in [1.165, 1.54) is 17.4 Å². The van der Waals surface area contributed by atoms with Gasteiger partial charge in [0, 0.05) is 16.6 Å². The summed E-state index contributed by atoms with van der Waals surface area (Å²) in [6.45, 7) is 5.85. The summed E-state index contributed by atoms with van der Waals surface area (Å²) in [6.07, 6.45) is 0.999. The Balaban J connectivity index is 1.68. The number of rotatable bonds is 6. The van der Waals surface area contributed by atoms with Gasteiger partial charge in [-0.05, 0) is 19.1 Å². The number of aromatic amines is 1. The number of hydrogen-bond donors (Lipinski definition) is 2. The lowest BCUT2D eigenvalue weighted by Crippen LogP contribution is -2.24. The maximum atomic E-state index is 11.7. The van der Waals surface area contributed by atoms with E-state index in [1.807, 2.05) is 29.9 Å². The molecule has 142 valence electrons. The Labute approximate surface area is 169 Å². The molecule has 0 fully saturated rings. The second kappa shape index (κ2) is 7.91. The number of H-pyrrole nitrogens is 1. The summed E-state index contributed by atoms with van der Waals surface area (Å²) in [4.78, 5) is 28.6. The van der Waals surface area contributed by atoms with Gasteiger partial charge in [0.25, 0.3) is 0 Å². The average Bonchev–Trinajstić information content (AvgIpc) is 3.42. The van der Waals surface area contributed by atoms with Crippen LogP contribution in [0.2, 0.25) is 0 Å². The van der Waals surface area contributed by atoms with E-state index in [2.05, 4.69) is 37.9 Å². The summed E-state index contributed by atoms with van der Waals surface area (Å²) >= 11 is 3.13. The summed E-state index contributed by atoms with van der Waals surface area (Å²) < 4.78 is 6.03. The Hall–Kier alpha value is -3.04. The Morgan fingerprint density at radius 2 is 2.25 bits per heavy atom. The van der Waals surface area contributed by atoms with Gasteiger partial charge in [-0.1, -0.05) is 18.7 Å². The number of nitrogens with one attached hydrogen (secondary N) is 2. The molecule has 1 aromatic carbocycles. The zero-order valence-corrected chi connectivity index (χ0v) is 16.7. The van der Waals surface area contributed by atoms with Crippen molar-refractivity contribution in [2.75, 3.05) is 6.61 Å². The lowest BCUT2D eigenvalue weighted by atomic mass is 10.1. The Morgan fingerprint density at radius 3 is 3.04 bits per heavy atom. The van der Waals surface area contributed by atoms with Crippen LogP contribution in [0.15, 0.2) is 41.7 Å². The van der Waals surface area contributed by atoms with Crippen molar-refractivity contribution in [2.24, 2.45) is 0 Å². The second-order valence-corrected chi connectivity index (χ2v) is 7.72. The van der Waals surface area contributed by atoms with E-state index in [0.717, 1.165) is 37.9 Å². The number of aromatic nitrogens is 4. The first-order chi connectivity index (χ1) is 13.6. The molecule has 0 spiro atoms. The zero-order chi connectivity index (χ0) is 19.5. The fourth-order valence-electron chi connectivity index (χ4n) is 2.68. The normalized spacial score (nSPS) is 10.9. The predicted molar refractivity (Wildman–Crippen MR) is 111 cm³/mol. The van der Waals surface area contributed by atoms with E-state index in [9.17, 15) is 4.79 Å². The standard InChI is InChI=1S/C19H17N5O2S2/c1-3-6-26-19(25)20-8-15-23-16(17(24-15)18-22-11(2)9-27-18)12-4-5-13-14(7-12)28-10-21-13/h3-5,7,9-10H,1,6,8H2,2H3,(H,20,25)(H,23,24). The highest BCUT2D eigenvalue weighted by atomic mass is 32.1. The van der Waals surface area contributed by atoms with Crippen LogP contribution in [0, 0.1) is 6.92 Å². The average molecular weight is 412 g/mol. The summed E-state index contributed by atoms with van der Waals surface area (Å²) in [7, 11) is 0. The third kappa shape index (κ3) is 3.80. The van der Waals surface area contributed by atoms with E-state index in [0.29, 0.717) is 5.82 Å². The number of amides is 1. The highest BCUT2D eigenvalue weighted by Crippen LogP contribution is 2.34. The molecule has 2 N–H and O–H groups in total. The lowest BCUT2D eigenvalue weighted by molar-refractivity contribution is 0.157. The largest absolute Gasteiger partial charge is 0.445 e. The van der Waals surface area contributed by atoms with E-state index >= 15 is 0 Å². The van der Waals surface area contributed by atoms with Crippen LogP contribution < -0.4 is 5.32 Å². The molecule has 0 unspecified atom stereocenters. The molecule has 0 aliphatic heterocycles. The first-order valence-corrected chi connectivity index (χ1v) is 10.3. The number of imidazole rings is 1. The second-order valence-electron chi connectivity index (χ2n) is 5.98. The lowest BCUT2D eigenvalue weighted by Gasteiger charge is -2.03. The van der Waals surface area contributed by atoms with E-state index in [-0.39, 0.29) is 13.2 Å². The van der Waals surface area contributed by atoms with Gasteiger partial charge in [0.2, 0.25) is 0 Å². The maximum Gasteiger partial charge on any atom is 0.407 e. The third-order valence-corrected chi connectivity index (χ3v) is 5.69. The molecule has 0 saturated heterocycles. The van der Waals surface area contributed by atoms with Gasteiger partial charge < -0.3 is 15.0 Å². The van der Waals surface area contributed by atoms with Crippen LogP contribution in [-0.2, 0) is 11.3 Å². The first-order valence-electron chi connectivity index (χ1n) is 8.50. The van der Waals surface area contributed by atoms with Gasteiger partial charge in [0.1, 0.15) is 23.1 Å². The fraction of sp³-hybridized carbons (Fsp3) is 0.158. The van der Waals surface area contributed by atoms with Crippen molar-refractivity contribution in [1.82, 2.24) is 25.3 Å². The number of hydrogen-bond acceptors (Lipinski definition) is 7. The number of benzene rings is 1. The number of ether oxygens (including phenoxy) is 1. The van der Waals surface area contributed by atoms with E-state index in [4.69, 9.17) is 4.74 Å². The predicted octanol–water partition coefficient (Wildman–Crippen LogP) is 4.53. The molecule has 9 heteroatoms. The van der Waals surface area contributed by atoms with Crippen LogP contribution in [0.3, 0.4) is 0 Å². The minimum Gasteiger partial charge on any atom is -0.445 e. The van der Waals surface area contributed by atoms with Crippen molar-refractivity contribution in [2.45, 2.75) is 13.5 Å². The number of carbonyl (C=O) groups excluding carboxylic acids is 1. The van der Waals surface area contributed by atoms with Gasteiger partial charge in [-0.3, -0.25) is 0 Å². The molecule has 0 bridgehead atoms. The molecular weight excluding hydrogens is 394 g/mol. The van der Waals surface area contributed by atoms with Crippen LogP contribution in [0.4, 0.5) is 4.79 Å². The van der Waals surface area contributed by atoms with Crippen molar-refractivity contribution in [3.8, 4) is 22.0 Å². The highest BCUT2D eigenvalue weighted by molar-refractivity contribution is 7.16. The fourth-order valence-corrected chi connectivity index (χ4v) is 4.19. The van der Waals surface area contributed by atoms with E-state index in [1.54, 1.807) is 11.3 Å². The number of thiazole rings is 2. The Bertz CT molecular complexity index is 1140. The number of aryl methyl sites for hydroxylation is 1. The van der Waals surface area contributed by atoms with Crippen LogP contribution in [0.5, 0.6) is 0 Å². The molecule has 1 amide bonds. The topological polar surface area (TPSA) is 92.8 Å². The van der Waals surface area contributed by atoms with Gasteiger partial charge in [0.05, 0.1) is 28.0 Å².